The minimum absolute atomic E-state index is 0.212. The van der Waals surface area contributed by atoms with E-state index >= 15 is 0 Å². The van der Waals surface area contributed by atoms with Crippen LogP contribution in [0.1, 0.15) is 39.7 Å². The molecule has 16 heavy (non-hydrogen) atoms. The van der Waals surface area contributed by atoms with Crippen molar-refractivity contribution in [3.8, 4) is 0 Å². The van der Waals surface area contributed by atoms with Crippen LogP contribution in [0.4, 0.5) is 0 Å². The second kappa shape index (κ2) is 5.98. The average molecular weight is 369 g/mol. The molecule has 1 nitrogen and oxygen atoms in total. The van der Waals surface area contributed by atoms with Gasteiger partial charge in [-0.2, -0.15) is 0 Å². The first-order chi connectivity index (χ1) is 7.33. The van der Waals surface area contributed by atoms with E-state index in [4.69, 9.17) is 0 Å². The summed E-state index contributed by atoms with van der Waals surface area (Å²) in [6.45, 7) is 10.0. The van der Waals surface area contributed by atoms with E-state index < -0.39 is 0 Å². The fraction of sp³-hybridized carbons (Fsp3) is 0.667. The molecule has 92 valence electrons. The van der Waals surface area contributed by atoms with Crippen LogP contribution in [0.15, 0.2) is 13.6 Å². The van der Waals surface area contributed by atoms with Crippen molar-refractivity contribution in [3.05, 3.63) is 19.2 Å². The zero-order chi connectivity index (χ0) is 12.3. The summed E-state index contributed by atoms with van der Waals surface area (Å²) in [7, 11) is 0. The summed E-state index contributed by atoms with van der Waals surface area (Å²) in [5.41, 5.74) is 1.61. The average Bonchev–Trinajstić information content (AvgIpc) is 2.44. The van der Waals surface area contributed by atoms with Crippen molar-refractivity contribution >= 4 is 43.2 Å². The van der Waals surface area contributed by atoms with Gasteiger partial charge in [0, 0.05) is 6.04 Å². The quantitative estimate of drug-likeness (QED) is 0.776. The van der Waals surface area contributed by atoms with Crippen LogP contribution in [-0.4, -0.2) is 12.6 Å². The zero-order valence-electron chi connectivity index (χ0n) is 10.2. The predicted molar refractivity (Wildman–Crippen MR) is 80.5 cm³/mol. The van der Waals surface area contributed by atoms with Crippen molar-refractivity contribution in [1.82, 2.24) is 5.32 Å². The molecule has 0 aromatic carbocycles. The smallest absolute Gasteiger partial charge is 0.0747 e. The maximum absolute atomic E-state index is 3.64. The Labute approximate surface area is 119 Å². The second-order valence-corrected chi connectivity index (χ2v) is 8.73. The first kappa shape index (κ1) is 14.7. The van der Waals surface area contributed by atoms with Gasteiger partial charge in [-0.1, -0.05) is 27.7 Å². The van der Waals surface area contributed by atoms with Gasteiger partial charge in [0.2, 0.25) is 0 Å². The zero-order valence-corrected chi connectivity index (χ0v) is 14.2. The van der Waals surface area contributed by atoms with Crippen LogP contribution in [0.25, 0.3) is 0 Å². The molecule has 0 aliphatic carbocycles. The molecule has 0 fully saturated rings. The monoisotopic (exact) mass is 367 g/mol. The van der Waals surface area contributed by atoms with E-state index in [1.165, 1.54) is 13.1 Å². The van der Waals surface area contributed by atoms with E-state index in [9.17, 15) is 0 Å². The summed E-state index contributed by atoms with van der Waals surface area (Å²) >= 11 is 8.93. The van der Waals surface area contributed by atoms with Crippen molar-refractivity contribution in [3.63, 3.8) is 0 Å². The lowest BCUT2D eigenvalue weighted by Gasteiger charge is -2.25. The highest BCUT2D eigenvalue weighted by Gasteiger charge is 2.24. The Bertz CT molecular complexity index is 345. The molecule has 0 saturated heterocycles. The van der Waals surface area contributed by atoms with Gasteiger partial charge in [-0.05, 0) is 61.9 Å². The Morgan fingerprint density at radius 2 is 2.00 bits per heavy atom. The number of halogens is 2. The lowest BCUT2D eigenvalue weighted by atomic mass is 9.83. The number of hydrogen-bond donors (Lipinski definition) is 1. The molecule has 1 aromatic rings. The summed E-state index contributed by atoms with van der Waals surface area (Å²) in [5.74, 6) is 0. The molecule has 0 atom stereocenters. The van der Waals surface area contributed by atoms with Gasteiger partial charge in [-0.25, -0.2) is 0 Å². The van der Waals surface area contributed by atoms with Crippen LogP contribution in [0.2, 0.25) is 0 Å². The molecule has 0 saturated carbocycles. The molecule has 1 rings (SSSR count). The molecule has 0 amide bonds. The Kier molecular flexibility index (Phi) is 5.49. The van der Waals surface area contributed by atoms with E-state index in [0.29, 0.717) is 6.04 Å². The van der Waals surface area contributed by atoms with Gasteiger partial charge in [0.05, 0.1) is 7.57 Å². The fourth-order valence-corrected chi connectivity index (χ4v) is 4.94. The molecule has 0 aliphatic heterocycles. The molecule has 0 aliphatic rings. The van der Waals surface area contributed by atoms with E-state index in [0.717, 1.165) is 13.0 Å². The summed E-state index contributed by atoms with van der Waals surface area (Å²) in [6.07, 6.45) is 1.15. The van der Waals surface area contributed by atoms with Crippen LogP contribution in [-0.2, 0) is 5.41 Å². The molecule has 4 heteroatoms. The molecule has 0 spiro atoms. The van der Waals surface area contributed by atoms with E-state index in [1.807, 2.05) is 0 Å². The van der Waals surface area contributed by atoms with Crippen molar-refractivity contribution in [2.24, 2.45) is 0 Å². The van der Waals surface area contributed by atoms with Crippen molar-refractivity contribution in [1.29, 1.82) is 0 Å². The SMILES string of the molecule is CC(C)NCCC(C)(C)c1cc(Br)sc1Br. The maximum Gasteiger partial charge on any atom is 0.0747 e. The predicted octanol–water partition coefficient (Wildman–Crippen LogP) is 4.94. The van der Waals surface area contributed by atoms with Gasteiger partial charge < -0.3 is 5.32 Å². The highest BCUT2D eigenvalue weighted by Crippen LogP contribution is 2.40. The van der Waals surface area contributed by atoms with Crippen LogP contribution >= 0.6 is 43.2 Å². The lowest BCUT2D eigenvalue weighted by molar-refractivity contribution is 0.441. The molecule has 0 bridgehead atoms. The van der Waals surface area contributed by atoms with E-state index in [-0.39, 0.29) is 5.41 Å². The lowest BCUT2D eigenvalue weighted by Crippen LogP contribution is -2.29. The number of hydrogen-bond acceptors (Lipinski definition) is 2. The van der Waals surface area contributed by atoms with Gasteiger partial charge in [-0.15, -0.1) is 11.3 Å². The van der Waals surface area contributed by atoms with Crippen molar-refractivity contribution < 1.29 is 0 Å². The minimum atomic E-state index is 0.212. The van der Waals surface area contributed by atoms with Crippen LogP contribution in [0.5, 0.6) is 0 Å². The second-order valence-electron chi connectivity index (χ2n) is 4.98. The Morgan fingerprint density at radius 1 is 1.38 bits per heavy atom. The molecular weight excluding hydrogens is 350 g/mol. The summed E-state index contributed by atoms with van der Waals surface area (Å²) in [5, 5.41) is 3.47. The topological polar surface area (TPSA) is 12.0 Å². The molecule has 1 heterocycles. The minimum Gasteiger partial charge on any atom is -0.315 e. The number of rotatable bonds is 5. The number of nitrogens with one attached hydrogen (secondary N) is 1. The maximum atomic E-state index is 3.64. The Balaban J connectivity index is 2.66. The highest BCUT2D eigenvalue weighted by molar-refractivity contribution is 9.12. The van der Waals surface area contributed by atoms with Crippen molar-refractivity contribution in [2.45, 2.75) is 45.6 Å². The standard InChI is InChI=1S/C12H19Br2NS/c1-8(2)15-6-5-12(3,4)9-7-10(13)16-11(9)14/h7-8,15H,5-6H2,1-4H3. The Hall–Kier alpha value is 0.620. The van der Waals surface area contributed by atoms with Crippen LogP contribution in [0, 0.1) is 0 Å². The Morgan fingerprint density at radius 3 is 2.44 bits per heavy atom. The normalized spacial score (nSPS) is 12.4. The third-order valence-corrected chi connectivity index (χ3v) is 5.03. The first-order valence-electron chi connectivity index (χ1n) is 5.51. The number of thiophene rings is 1. The van der Waals surface area contributed by atoms with Gasteiger partial charge >= 0.3 is 0 Å². The van der Waals surface area contributed by atoms with Crippen molar-refractivity contribution in [2.75, 3.05) is 6.54 Å². The van der Waals surface area contributed by atoms with E-state index in [1.54, 1.807) is 11.3 Å². The highest BCUT2D eigenvalue weighted by atomic mass is 79.9. The fourth-order valence-electron chi connectivity index (χ4n) is 1.61. The van der Waals surface area contributed by atoms with Gasteiger partial charge in [0.25, 0.3) is 0 Å². The summed E-state index contributed by atoms with van der Waals surface area (Å²) in [4.78, 5) is 0. The van der Waals surface area contributed by atoms with Crippen LogP contribution in [0.3, 0.4) is 0 Å². The van der Waals surface area contributed by atoms with Gasteiger partial charge in [-0.3, -0.25) is 0 Å². The van der Waals surface area contributed by atoms with Gasteiger partial charge in [0.1, 0.15) is 0 Å². The summed E-state index contributed by atoms with van der Waals surface area (Å²) in [6, 6.07) is 2.79. The molecule has 1 N–H and O–H groups in total. The third kappa shape index (κ3) is 4.13. The summed E-state index contributed by atoms with van der Waals surface area (Å²) < 4.78 is 2.44. The first-order valence-corrected chi connectivity index (χ1v) is 7.92. The van der Waals surface area contributed by atoms with Gasteiger partial charge in [0.15, 0.2) is 0 Å². The van der Waals surface area contributed by atoms with Crippen LogP contribution < -0.4 is 5.32 Å². The molecule has 0 radical (unpaired) electrons. The molecular formula is C12H19Br2NS. The molecule has 1 aromatic heterocycles. The largest absolute Gasteiger partial charge is 0.315 e. The molecule has 0 unspecified atom stereocenters. The third-order valence-electron chi connectivity index (χ3n) is 2.69. The van der Waals surface area contributed by atoms with E-state index in [2.05, 4.69) is 70.9 Å².